The molecule has 8 nitrogen and oxygen atoms in total. The summed E-state index contributed by atoms with van der Waals surface area (Å²) in [5, 5.41) is 12.7. The van der Waals surface area contributed by atoms with E-state index in [1.807, 2.05) is 0 Å². The van der Waals surface area contributed by atoms with Gasteiger partial charge in [-0.2, -0.15) is 5.26 Å². The molecule has 11 heteroatoms. The van der Waals surface area contributed by atoms with E-state index in [1.165, 1.54) is 18.5 Å². The van der Waals surface area contributed by atoms with Gasteiger partial charge < -0.3 is 15.8 Å². The zero-order chi connectivity index (χ0) is 24.5. The second-order valence-electron chi connectivity index (χ2n) is 8.02. The molecule has 34 heavy (non-hydrogen) atoms. The monoisotopic (exact) mass is 479 g/mol. The smallest absolute Gasteiger partial charge is 0.233 e. The van der Waals surface area contributed by atoms with Crippen LogP contribution in [0.15, 0.2) is 35.6 Å². The predicted molar refractivity (Wildman–Crippen MR) is 127 cm³/mol. The summed E-state index contributed by atoms with van der Waals surface area (Å²) in [5.41, 5.74) is 5.73. The molecule has 3 aromatic rings. The average molecular weight is 480 g/mol. The van der Waals surface area contributed by atoms with Crippen LogP contribution in [0.3, 0.4) is 0 Å². The van der Waals surface area contributed by atoms with Gasteiger partial charge in [0.1, 0.15) is 10.3 Å². The van der Waals surface area contributed by atoms with Crippen molar-refractivity contribution in [3.05, 3.63) is 47.8 Å². The van der Waals surface area contributed by atoms with Gasteiger partial charge in [0.05, 0.1) is 23.3 Å². The fourth-order valence-corrected chi connectivity index (χ4v) is 4.95. The van der Waals surface area contributed by atoms with Gasteiger partial charge in [-0.15, -0.1) is 6.42 Å². The van der Waals surface area contributed by atoms with Gasteiger partial charge in [0.25, 0.3) is 0 Å². The Kier molecular flexibility index (Phi) is 5.98. The number of nitrogens with two attached hydrogens (primary N) is 1. The summed E-state index contributed by atoms with van der Waals surface area (Å²) in [5.74, 6) is 0.734. The molecule has 1 aromatic carbocycles. The third-order valence-electron chi connectivity index (χ3n) is 5.22. The number of anilines is 2. The summed E-state index contributed by atoms with van der Waals surface area (Å²) in [4.78, 5) is 17.3. The first kappa shape index (κ1) is 23.2. The molecule has 3 N–H and O–H groups in total. The van der Waals surface area contributed by atoms with Crippen LogP contribution in [-0.2, 0) is 5.54 Å². The first-order valence-electron chi connectivity index (χ1n) is 10.1. The molecule has 0 aliphatic carbocycles. The van der Waals surface area contributed by atoms with Crippen molar-refractivity contribution < 1.29 is 13.5 Å². The topological polar surface area (TPSA) is 122 Å². The molecule has 1 aliphatic rings. The maximum absolute atomic E-state index is 15.0. The van der Waals surface area contributed by atoms with Gasteiger partial charge in [0.2, 0.25) is 5.88 Å². The number of nitrogens with zero attached hydrogens (tertiary/aromatic N) is 5. The van der Waals surface area contributed by atoms with Crippen LogP contribution in [0.4, 0.5) is 20.3 Å². The van der Waals surface area contributed by atoms with Gasteiger partial charge in [-0.1, -0.05) is 17.7 Å². The first-order chi connectivity index (χ1) is 16.2. The van der Waals surface area contributed by atoms with Crippen molar-refractivity contribution in [2.24, 2.45) is 10.7 Å². The highest BCUT2D eigenvalue weighted by Gasteiger charge is 2.44. The molecule has 0 saturated carbocycles. The Bertz CT molecular complexity index is 1400. The zero-order valence-corrected chi connectivity index (χ0v) is 19.1. The minimum absolute atomic E-state index is 0.0315. The maximum atomic E-state index is 15.0. The molecule has 0 amide bonds. The van der Waals surface area contributed by atoms with Crippen molar-refractivity contribution in [2.45, 2.75) is 30.6 Å². The Hall–Kier alpha value is -3.96. The Balaban J connectivity index is 1.74. The number of pyridine rings is 1. The number of aliphatic imine (C=N–C) groups is 1. The van der Waals surface area contributed by atoms with Crippen LogP contribution in [-0.4, -0.2) is 31.5 Å². The highest BCUT2D eigenvalue weighted by atomic mass is 32.2. The third-order valence-corrected chi connectivity index (χ3v) is 6.20. The second kappa shape index (κ2) is 8.76. The molecule has 2 atom stereocenters. The minimum Gasteiger partial charge on any atom is -0.463 e. The molecule has 0 saturated heterocycles. The van der Waals surface area contributed by atoms with E-state index in [1.54, 1.807) is 19.9 Å². The van der Waals surface area contributed by atoms with Crippen LogP contribution in [0.25, 0.3) is 11.0 Å². The minimum atomic E-state index is -1.25. The highest BCUT2D eigenvalue weighted by molar-refractivity contribution is 8.15. The van der Waals surface area contributed by atoms with Gasteiger partial charge in [0.15, 0.2) is 29.2 Å². The number of amidine groups is 1. The number of nitrogens with one attached hydrogen (secondary N) is 1. The van der Waals surface area contributed by atoms with Crippen LogP contribution < -0.4 is 15.8 Å². The van der Waals surface area contributed by atoms with Crippen molar-refractivity contribution in [3.63, 3.8) is 0 Å². The number of hydrogen-bond donors (Lipinski definition) is 2. The molecule has 0 unspecified atom stereocenters. The van der Waals surface area contributed by atoms with E-state index in [-0.39, 0.29) is 41.1 Å². The number of thioether (sulfide) groups is 1. The number of rotatable bonds is 5. The summed E-state index contributed by atoms with van der Waals surface area (Å²) >= 11 is 1.10. The van der Waals surface area contributed by atoms with Crippen LogP contribution >= 0.6 is 11.8 Å². The van der Waals surface area contributed by atoms with Gasteiger partial charge >= 0.3 is 0 Å². The summed E-state index contributed by atoms with van der Waals surface area (Å²) in [6.45, 7) is 3.35. The molecule has 4 rings (SSSR count). The van der Waals surface area contributed by atoms with Crippen LogP contribution in [0.5, 0.6) is 5.88 Å². The van der Waals surface area contributed by atoms with Crippen molar-refractivity contribution in [1.29, 1.82) is 5.26 Å². The number of nitriles is 1. The summed E-state index contributed by atoms with van der Waals surface area (Å²) in [7, 11) is 0. The van der Waals surface area contributed by atoms with E-state index in [9.17, 15) is 14.0 Å². The standard InChI is InChI=1S/C23H19F2N7OS/c1-4-7-33-17-10-29-19-16(31-17)5-6-28-20(19)30-13-8-14(18(25)15(24)9-13)23(3)11-22(2,12-26)34-21(27)32-23/h1,5-6,8-10H,7,11H2,2-3H3,(H2,27,32)(H,28,30)/t22-,23+/m1/s1. The molecule has 0 fully saturated rings. The fraction of sp³-hybridized carbons (Fsp3) is 0.261. The lowest BCUT2D eigenvalue weighted by Gasteiger charge is -2.37. The molecule has 0 spiro atoms. The van der Waals surface area contributed by atoms with Gasteiger partial charge in [-0.25, -0.2) is 23.7 Å². The molecule has 172 valence electrons. The molecule has 0 bridgehead atoms. The zero-order valence-electron chi connectivity index (χ0n) is 18.3. The molecular weight excluding hydrogens is 460 g/mol. The fourth-order valence-electron chi connectivity index (χ4n) is 3.84. The van der Waals surface area contributed by atoms with Crippen LogP contribution in [0, 0.1) is 35.3 Å². The second-order valence-corrected chi connectivity index (χ2v) is 9.54. The Morgan fingerprint density at radius 1 is 1.32 bits per heavy atom. The highest BCUT2D eigenvalue weighted by Crippen LogP contribution is 2.46. The van der Waals surface area contributed by atoms with E-state index >= 15 is 0 Å². The van der Waals surface area contributed by atoms with Crippen molar-refractivity contribution in [1.82, 2.24) is 15.0 Å². The maximum Gasteiger partial charge on any atom is 0.233 e. The lowest BCUT2D eigenvalue weighted by Crippen LogP contribution is -2.39. The van der Waals surface area contributed by atoms with Gasteiger partial charge in [-0.05, 0) is 26.0 Å². The quantitative estimate of drug-likeness (QED) is 0.527. The van der Waals surface area contributed by atoms with E-state index in [4.69, 9.17) is 16.9 Å². The number of terminal acetylenes is 1. The normalized spacial score (nSPS) is 21.9. The lowest BCUT2D eigenvalue weighted by atomic mass is 9.83. The Labute approximate surface area is 198 Å². The predicted octanol–water partition coefficient (Wildman–Crippen LogP) is 4.01. The van der Waals surface area contributed by atoms with E-state index < -0.39 is 21.9 Å². The molecule has 3 heterocycles. The van der Waals surface area contributed by atoms with E-state index in [0.29, 0.717) is 11.0 Å². The number of fused-ring (bicyclic) bond motifs is 1. The summed E-state index contributed by atoms with van der Waals surface area (Å²) in [6.07, 6.45) is 8.22. The Morgan fingerprint density at radius 3 is 2.85 bits per heavy atom. The third kappa shape index (κ3) is 4.43. The van der Waals surface area contributed by atoms with E-state index in [0.717, 1.165) is 17.8 Å². The molecule has 0 radical (unpaired) electrons. The number of hydrogen-bond acceptors (Lipinski definition) is 9. The van der Waals surface area contributed by atoms with Crippen molar-refractivity contribution in [3.8, 4) is 24.3 Å². The van der Waals surface area contributed by atoms with E-state index in [2.05, 4.69) is 37.3 Å². The van der Waals surface area contributed by atoms with Crippen LogP contribution in [0.1, 0.15) is 25.8 Å². The molecule has 2 aromatic heterocycles. The van der Waals surface area contributed by atoms with Gasteiger partial charge in [-0.3, -0.25) is 4.99 Å². The number of aromatic nitrogens is 3. The molecule has 1 aliphatic heterocycles. The lowest BCUT2D eigenvalue weighted by molar-refractivity contribution is 0.355. The number of halogens is 2. The largest absolute Gasteiger partial charge is 0.463 e. The number of benzene rings is 1. The van der Waals surface area contributed by atoms with Crippen LogP contribution in [0.2, 0.25) is 0 Å². The average Bonchev–Trinajstić information content (AvgIpc) is 2.79. The Morgan fingerprint density at radius 2 is 2.12 bits per heavy atom. The first-order valence-corrected chi connectivity index (χ1v) is 10.9. The summed E-state index contributed by atoms with van der Waals surface area (Å²) < 4.78 is 34.0. The molecular formula is C23H19F2N7OS. The van der Waals surface area contributed by atoms with Crippen molar-refractivity contribution in [2.75, 3.05) is 11.9 Å². The van der Waals surface area contributed by atoms with Crippen molar-refractivity contribution >= 4 is 39.5 Å². The summed E-state index contributed by atoms with van der Waals surface area (Å²) in [6, 6.07) is 6.26. The van der Waals surface area contributed by atoms with Gasteiger partial charge in [0, 0.05) is 29.9 Å². The SMILES string of the molecule is C#CCOc1cnc2c(Nc3cc(F)c(F)c([C@]4(C)C[C@](C)(C#N)SC(N)=N4)c3)nccc2n1. The number of ether oxygens (including phenoxy) is 1.